The van der Waals surface area contributed by atoms with E-state index in [1.54, 1.807) is 0 Å². The summed E-state index contributed by atoms with van der Waals surface area (Å²) in [5.74, 6) is 0.951. The molecule has 1 aliphatic rings. The number of rotatable bonds is 4. The third-order valence-corrected chi connectivity index (χ3v) is 3.65. The smallest absolute Gasteiger partial charge is 0.146 e. The average molecular weight is 263 g/mol. The second-order valence-corrected chi connectivity index (χ2v) is 5.30. The molecule has 1 unspecified atom stereocenters. The summed E-state index contributed by atoms with van der Waals surface area (Å²) in [4.78, 5) is 13.9. The van der Waals surface area contributed by atoms with Crippen LogP contribution >= 0.6 is 0 Å². The van der Waals surface area contributed by atoms with Crippen molar-refractivity contribution in [2.45, 2.75) is 25.9 Å². The topological polar surface area (TPSA) is 44.3 Å². The van der Waals surface area contributed by atoms with Gasteiger partial charge >= 0.3 is 0 Å². The first-order valence-corrected chi connectivity index (χ1v) is 7.12. The fraction of sp³-hybridized carbons (Fsp3) is 0.714. The maximum Gasteiger partial charge on any atom is 0.146 e. The van der Waals surface area contributed by atoms with E-state index in [-0.39, 0.29) is 0 Å². The fourth-order valence-corrected chi connectivity index (χ4v) is 2.48. The van der Waals surface area contributed by atoms with Crippen molar-refractivity contribution in [2.24, 2.45) is 0 Å². The molecule has 5 nitrogen and oxygen atoms in total. The Labute approximate surface area is 116 Å². The molecule has 0 bridgehead atoms. The van der Waals surface area contributed by atoms with Crippen LogP contribution in [0.1, 0.15) is 30.9 Å². The van der Waals surface area contributed by atoms with Gasteiger partial charge in [0.25, 0.3) is 0 Å². The Hall–Kier alpha value is -1.04. The summed E-state index contributed by atoms with van der Waals surface area (Å²) in [5, 5.41) is 3.31. The van der Waals surface area contributed by atoms with Crippen molar-refractivity contribution < 1.29 is 0 Å². The summed E-state index contributed by atoms with van der Waals surface area (Å²) in [6.07, 6.45) is 3.09. The SMILES string of the molecule is CCNCc1ccnc(C2CN(C)CCCN2C)n1. The van der Waals surface area contributed by atoms with Crippen LogP contribution in [0.5, 0.6) is 0 Å². The zero-order valence-corrected chi connectivity index (χ0v) is 12.3. The summed E-state index contributed by atoms with van der Waals surface area (Å²) in [6, 6.07) is 2.29. The van der Waals surface area contributed by atoms with Gasteiger partial charge in [-0.15, -0.1) is 0 Å². The minimum absolute atomic E-state index is 0.300. The van der Waals surface area contributed by atoms with Crippen molar-refractivity contribution in [3.05, 3.63) is 23.8 Å². The van der Waals surface area contributed by atoms with E-state index in [9.17, 15) is 0 Å². The molecular formula is C14H25N5. The zero-order chi connectivity index (χ0) is 13.7. The molecule has 1 aliphatic heterocycles. The van der Waals surface area contributed by atoms with Gasteiger partial charge in [0.05, 0.1) is 11.7 Å². The first-order chi connectivity index (χ1) is 9.20. The summed E-state index contributed by atoms with van der Waals surface area (Å²) >= 11 is 0. The van der Waals surface area contributed by atoms with E-state index in [1.807, 2.05) is 12.3 Å². The lowest BCUT2D eigenvalue weighted by Gasteiger charge is -2.26. The van der Waals surface area contributed by atoms with Gasteiger partial charge < -0.3 is 10.2 Å². The highest BCUT2D eigenvalue weighted by Gasteiger charge is 2.24. The third kappa shape index (κ3) is 3.96. The van der Waals surface area contributed by atoms with E-state index in [1.165, 1.54) is 6.42 Å². The third-order valence-electron chi connectivity index (χ3n) is 3.65. The molecule has 1 atom stereocenters. The van der Waals surface area contributed by atoms with Crippen LogP contribution in [-0.4, -0.2) is 60.0 Å². The molecule has 106 valence electrons. The van der Waals surface area contributed by atoms with Crippen molar-refractivity contribution >= 4 is 0 Å². The van der Waals surface area contributed by atoms with Gasteiger partial charge in [-0.1, -0.05) is 6.92 Å². The van der Waals surface area contributed by atoms with Crippen LogP contribution in [0, 0.1) is 0 Å². The van der Waals surface area contributed by atoms with E-state index in [4.69, 9.17) is 4.98 Å². The van der Waals surface area contributed by atoms with Crippen molar-refractivity contribution in [1.82, 2.24) is 25.1 Å². The van der Waals surface area contributed by atoms with Crippen LogP contribution in [0.2, 0.25) is 0 Å². The van der Waals surface area contributed by atoms with Crippen LogP contribution in [0.25, 0.3) is 0 Å². The lowest BCUT2D eigenvalue weighted by Crippen LogP contribution is -2.32. The normalized spacial score (nSPS) is 22.4. The van der Waals surface area contributed by atoms with Gasteiger partial charge in [0.1, 0.15) is 5.82 Å². The molecule has 1 saturated heterocycles. The van der Waals surface area contributed by atoms with Gasteiger partial charge in [0, 0.05) is 19.3 Å². The standard InChI is InChI=1S/C14H25N5/c1-4-15-10-12-6-7-16-14(17-12)13-11-18(2)8-5-9-19(13)3/h6-7,13,15H,4-5,8-11H2,1-3H3. The Morgan fingerprint density at radius 3 is 3.00 bits per heavy atom. The van der Waals surface area contributed by atoms with Gasteiger partial charge in [-0.25, -0.2) is 9.97 Å². The van der Waals surface area contributed by atoms with Crippen molar-refractivity contribution in [3.8, 4) is 0 Å². The number of hydrogen-bond acceptors (Lipinski definition) is 5. The number of likely N-dealkylation sites (N-methyl/N-ethyl adjacent to an activating group) is 2. The van der Waals surface area contributed by atoms with E-state index < -0.39 is 0 Å². The lowest BCUT2D eigenvalue weighted by molar-refractivity contribution is 0.219. The van der Waals surface area contributed by atoms with Crippen LogP contribution in [-0.2, 0) is 6.54 Å². The maximum atomic E-state index is 4.72. The molecular weight excluding hydrogens is 238 g/mol. The van der Waals surface area contributed by atoms with Gasteiger partial charge in [-0.3, -0.25) is 4.90 Å². The largest absolute Gasteiger partial charge is 0.311 e. The van der Waals surface area contributed by atoms with E-state index in [0.29, 0.717) is 6.04 Å². The molecule has 1 aromatic rings. The van der Waals surface area contributed by atoms with Gasteiger partial charge in [-0.2, -0.15) is 0 Å². The highest BCUT2D eigenvalue weighted by atomic mass is 15.2. The van der Waals surface area contributed by atoms with Gasteiger partial charge in [0.2, 0.25) is 0 Å². The Bertz CT molecular complexity index is 395. The quantitative estimate of drug-likeness (QED) is 0.874. The molecule has 19 heavy (non-hydrogen) atoms. The first kappa shape index (κ1) is 14.4. The van der Waals surface area contributed by atoms with Gasteiger partial charge in [0.15, 0.2) is 0 Å². The maximum absolute atomic E-state index is 4.72. The molecule has 0 saturated carbocycles. The fourth-order valence-electron chi connectivity index (χ4n) is 2.48. The monoisotopic (exact) mass is 263 g/mol. The average Bonchev–Trinajstić information content (AvgIpc) is 2.58. The molecule has 0 spiro atoms. The summed E-state index contributed by atoms with van der Waals surface area (Å²) in [6.45, 7) is 7.15. The molecule has 1 N–H and O–H groups in total. The second kappa shape index (κ2) is 6.93. The first-order valence-electron chi connectivity index (χ1n) is 7.12. The molecule has 2 heterocycles. The Kier molecular flexibility index (Phi) is 5.24. The molecule has 0 aromatic carbocycles. The molecule has 0 amide bonds. The molecule has 0 aliphatic carbocycles. The van der Waals surface area contributed by atoms with Gasteiger partial charge in [-0.05, 0) is 46.2 Å². The Morgan fingerprint density at radius 2 is 2.21 bits per heavy atom. The van der Waals surface area contributed by atoms with E-state index in [0.717, 1.165) is 44.2 Å². The number of hydrogen-bond donors (Lipinski definition) is 1. The van der Waals surface area contributed by atoms with E-state index in [2.05, 4.69) is 41.1 Å². The highest BCUT2D eigenvalue weighted by Crippen LogP contribution is 2.19. The number of aromatic nitrogens is 2. The summed E-state index contributed by atoms with van der Waals surface area (Å²) < 4.78 is 0. The minimum atomic E-state index is 0.300. The van der Waals surface area contributed by atoms with Crippen molar-refractivity contribution in [2.75, 3.05) is 40.3 Å². The predicted octanol–water partition coefficient (Wildman–Crippen LogP) is 0.895. The van der Waals surface area contributed by atoms with Crippen LogP contribution in [0.3, 0.4) is 0 Å². The predicted molar refractivity (Wildman–Crippen MR) is 76.9 cm³/mol. The Balaban J connectivity index is 2.14. The van der Waals surface area contributed by atoms with E-state index >= 15 is 0 Å². The van der Waals surface area contributed by atoms with Crippen LogP contribution < -0.4 is 5.32 Å². The molecule has 1 fully saturated rings. The Morgan fingerprint density at radius 1 is 1.37 bits per heavy atom. The van der Waals surface area contributed by atoms with Crippen LogP contribution in [0.4, 0.5) is 0 Å². The number of nitrogens with zero attached hydrogens (tertiary/aromatic N) is 4. The summed E-state index contributed by atoms with van der Waals surface area (Å²) in [5.41, 5.74) is 1.08. The second-order valence-electron chi connectivity index (χ2n) is 5.30. The summed E-state index contributed by atoms with van der Waals surface area (Å²) in [7, 11) is 4.35. The minimum Gasteiger partial charge on any atom is -0.311 e. The van der Waals surface area contributed by atoms with Crippen LogP contribution in [0.15, 0.2) is 12.3 Å². The van der Waals surface area contributed by atoms with Crippen molar-refractivity contribution in [3.63, 3.8) is 0 Å². The molecule has 2 rings (SSSR count). The molecule has 5 heteroatoms. The number of nitrogens with one attached hydrogen (secondary N) is 1. The lowest BCUT2D eigenvalue weighted by atomic mass is 10.2. The highest BCUT2D eigenvalue weighted by molar-refractivity contribution is 5.06. The zero-order valence-electron chi connectivity index (χ0n) is 12.3. The molecule has 0 radical (unpaired) electrons. The molecule has 1 aromatic heterocycles. The van der Waals surface area contributed by atoms with Crippen molar-refractivity contribution in [1.29, 1.82) is 0 Å².